The molecule has 1 aliphatic heterocycles. The summed E-state index contributed by atoms with van der Waals surface area (Å²) < 4.78 is 62.1. The van der Waals surface area contributed by atoms with Crippen LogP contribution in [0.4, 0.5) is 13.2 Å². The summed E-state index contributed by atoms with van der Waals surface area (Å²) in [4.78, 5) is 0. The molecular formula is C17H22F3NO2S. The van der Waals surface area contributed by atoms with E-state index in [9.17, 15) is 21.6 Å². The van der Waals surface area contributed by atoms with Crippen molar-refractivity contribution in [3.8, 4) is 0 Å². The van der Waals surface area contributed by atoms with Crippen LogP contribution in [0.1, 0.15) is 49.3 Å². The van der Waals surface area contributed by atoms with Crippen LogP contribution in [0, 0.1) is 5.92 Å². The molecule has 2 fully saturated rings. The summed E-state index contributed by atoms with van der Waals surface area (Å²) in [7, 11) is -2.94. The third kappa shape index (κ3) is 4.11. The summed E-state index contributed by atoms with van der Waals surface area (Å²) in [6, 6.07) is 5.44. The fraction of sp³-hybridized carbons (Fsp3) is 0.647. The van der Waals surface area contributed by atoms with Gasteiger partial charge in [0.05, 0.1) is 17.1 Å². The molecule has 134 valence electrons. The Balaban J connectivity index is 1.77. The smallest absolute Gasteiger partial charge is 0.307 e. The van der Waals surface area contributed by atoms with E-state index in [1.165, 1.54) is 12.1 Å². The monoisotopic (exact) mass is 361 g/mol. The molecule has 1 aliphatic carbocycles. The van der Waals surface area contributed by atoms with Crippen LogP contribution in [0.25, 0.3) is 0 Å². The fourth-order valence-electron chi connectivity index (χ4n) is 3.50. The van der Waals surface area contributed by atoms with Gasteiger partial charge in [-0.1, -0.05) is 18.6 Å². The first-order valence-electron chi connectivity index (χ1n) is 8.38. The van der Waals surface area contributed by atoms with Gasteiger partial charge in [-0.15, -0.1) is 0 Å². The molecule has 0 radical (unpaired) electrons. The second-order valence-electron chi connectivity index (χ2n) is 6.88. The number of halogens is 3. The summed E-state index contributed by atoms with van der Waals surface area (Å²) in [6.45, 7) is 0. The van der Waals surface area contributed by atoms with E-state index in [4.69, 9.17) is 0 Å². The van der Waals surface area contributed by atoms with Crippen LogP contribution in [0.5, 0.6) is 0 Å². The minimum Gasteiger partial charge on any atom is -0.307 e. The molecule has 1 aromatic rings. The molecule has 3 rings (SSSR count). The highest BCUT2D eigenvalue weighted by molar-refractivity contribution is 7.91. The highest BCUT2D eigenvalue weighted by atomic mass is 32.2. The fourth-order valence-corrected chi connectivity index (χ4v) is 4.99. The SMILES string of the molecule is O=S1(=O)CCC(NC(c2cccc(C(F)(F)F)c2)C2CCC2)CC1. The van der Waals surface area contributed by atoms with Crippen molar-refractivity contribution in [2.24, 2.45) is 5.92 Å². The van der Waals surface area contributed by atoms with E-state index < -0.39 is 21.6 Å². The van der Waals surface area contributed by atoms with Gasteiger partial charge in [-0.3, -0.25) is 0 Å². The minimum atomic E-state index is -4.35. The Hall–Kier alpha value is -1.08. The maximum atomic E-state index is 13.0. The zero-order valence-electron chi connectivity index (χ0n) is 13.3. The lowest BCUT2D eigenvalue weighted by Gasteiger charge is -2.38. The van der Waals surface area contributed by atoms with E-state index in [0.717, 1.165) is 25.3 Å². The van der Waals surface area contributed by atoms with E-state index in [1.54, 1.807) is 6.07 Å². The van der Waals surface area contributed by atoms with Crippen LogP contribution in [0.2, 0.25) is 0 Å². The van der Waals surface area contributed by atoms with Gasteiger partial charge in [0.15, 0.2) is 0 Å². The third-order valence-electron chi connectivity index (χ3n) is 5.16. The lowest BCUT2D eigenvalue weighted by Crippen LogP contribution is -2.43. The largest absolute Gasteiger partial charge is 0.416 e. The second kappa shape index (κ2) is 6.67. The number of nitrogens with one attached hydrogen (secondary N) is 1. The molecule has 1 unspecified atom stereocenters. The molecule has 24 heavy (non-hydrogen) atoms. The molecule has 1 atom stereocenters. The van der Waals surface area contributed by atoms with E-state index in [0.29, 0.717) is 24.3 Å². The zero-order chi connectivity index (χ0) is 17.4. The maximum Gasteiger partial charge on any atom is 0.416 e. The Kier molecular flexibility index (Phi) is 4.93. The van der Waals surface area contributed by atoms with E-state index in [2.05, 4.69) is 5.32 Å². The highest BCUT2D eigenvalue weighted by Gasteiger charge is 2.35. The molecule has 1 aromatic carbocycles. The lowest BCUT2D eigenvalue weighted by molar-refractivity contribution is -0.137. The number of rotatable bonds is 4. The van der Waals surface area contributed by atoms with Gasteiger partial charge in [0.1, 0.15) is 9.84 Å². The van der Waals surface area contributed by atoms with Gasteiger partial charge in [0.25, 0.3) is 0 Å². The molecule has 1 N–H and O–H groups in total. The zero-order valence-corrected chi connectivity index (χ0v) is 14.2. The summed E-state index contributed by atoms with van der Waals surface area (Å²) in [5, 5.41) is 3.46. The van der Waals surface area contributed by atoms with Gasteiger partial charge < -0.3 is 5.32 Å². The molecule has 7 heteroatoms. The molecule has 1 saturated carbocycles. The van der Waals surface area contributed by atoms with Gasteiger partial charge >= 0.3 is 6.18 Å². The van der Waals surface area contributed by atoms with Crippen LogP contribution < -0.4 is 5.32 Å². The average molecular weight is 361 g/mol. The van der Waals surface area contributed by atoms with E-state index in [-0.39, 0.29) is 23.6 Å². The Bertz CT molecular complexity index is 669. The summed E-state index contributed by atoms with van der Waals surface area (Å²) in [5.74, 6) is 0.641. The van der Waals surface area contributed by atoms with Crippen LogP contribution in [-0.4, -0.2) is 26.0 Å². The standard InChI is InChI=1S/C17H22F3NO2S/c18-17(19,20)14-6-2-5-13(11-14)16(12-3-1-4-12)21-15-7-9-24(22,23)10-8-15/h2,5-6,11-12,15-16,21H,1,3-4,7-10H2. The van der Waals surface area contributed by atoms with Gasteiger partial charge in [0.2, 0.25) is 0 Å². The Morgan fingerprint density at radius 1 is 1.08 bits per heavy atom. The van der Waals surface area contributed by atoms with Crippen LogP contribution >= 0.6 is 0 Å². The highest BCUT2D eigenvalue weighted by Crippen LogP contribution is 2.40. The van der Waals surface area contributed by atoms with Crippen LogP contribution in [-0.2, 0) is 16.0 Å². The number of hydrogen-bond acceptors (Lipinski definition) is 3. The molecule has 1 saturated heterocycles. The van der Waals surface area contributed by atoms with Crippen molar-refractivity contribution >= 4 is 9.84 Å². The van der Waals surface area contributed by atoms with Gasteiger partial charge in [0, 0.05) is 12.1 Å². The Morgan fingerprint density at radius 2 is 1.75 bits per heavy atom. The number of alkyl halides is 3. The van der Waals surface area contributed by atoms with E-state index in [1.807, 2.05) is 0 Å². The average Bonchev–Trinajstić information content (AvgIpc) is 2.46. The molecule has 0 amide bonds. The van der Waals surface area contributed by atoms with Crippen molar-refractivity contribution in [2.75, 3.05) is 11.5 Å². The predicted molar refractivity (Wildman–Crippen MR) is 86.3 cm³/mol. The summed E-state index contributed by atoms with van der Waals surface area (Å²) in [6.07, 6.45) is -0.188. The minimum absolute atomic E-state index is 0.0497. The number of hydrogen-bond donors (Lipinski definition) is 1. The number of sulfone groups is 1. The molecule has 3 nitrogen and oxygen atoms in total. The lowest BCUT2D eigenvalue weighted by atomic mass is 9.76. The second-order valence-corrected chi connectivity index (χ2v) is 9.19. The summed E-state index contributed by atoms with van der Waals surface area (Å²) >= 11 is 0. The topological polar surface area (TPSA) is 46.2 Å². The molecule has 2 aliphatic rings. The molecule has 0 spiro atoms. The van der Waals surface area contributed by atoms with Crippen LogP contribution in [0.3, 0.4) is 0 Å². The molecule has 1 heterocycles. The summed E-state index contributed by atoms with van der Waals surface area (Å²) in [5.41, 5.74) is 0.0281. The Labute approximate surface area is 140 Å². The van der Waals surface area contributed by atoms with Crippen LogP contribution in [0.15, 0.2) is 24.3 Å². The number of benzene rings is 1. The van der Waals surface area contributed by atoms with Crippen molar-refractivity contribution in [3.05, 3.63) is 35.4 Å². The first kappa shape index (κ1) is 17.7. The Morgan fingerprint density at radius 3 is 2.29 bits per heavy atom. The molecule has 0 aromatic heterocycles. The third-order valence-corrected chi connectivity index (χ3v) is 6.88. The molecule has 0 bridgehead atoms. The normalized spacial score (nSPS) is 23.6. The van der Waals surface area contributed by atoms with Crippen molar-refractivity contribution in [1.82, 2.24) is 5.32 Å². The van der Waals surface area contributed by atoms with E-state index >= 15 is 0 Å². The van der Waals surface area contributed by atoms with Crippen molar-refractivity contribution in [3.63, 3.8) is 0 Å². The van der Waals surface area contributed by atoms with Crippen molar-refractivity contribution < 1.29 is 21.6 Å². The predicted octanol–water partition coefficient (Wildman–Crippen LogP) is 3.71. The maximum absolute atomic E-state index is 13.0. The first-order valence-corrected chi connectivity index (χ1v) is 10.2. The van der Waals surface area contributed by atoms with Crippen molar-refractivity contribution in [1.29, 1.82) is 0 Å². The first-order chi connectivity index (χ1) is 11.2. The van der Waals surface area contributed by atoms with Gasteiger partial charge in [-0.25, -0.2) is 8.42 Å². The van der Waals surface area contributed by atoms with Crippen molar-refractivity contribution in [2.45, 2.75) is 50.4 Å². The molecular weight excluding hydrogens is 339 g/mol. The van der Waals surface area contributed by atoms with Gasteiger partial charge in [-0.05, 0) is 49.3 Å². The quantitative estimate of drug-likeness (QED) is 0.889. The van der Waals surface area contributed by atoms with Gasteiger partial charge in [-0.2, -0.15) is 13.2 Å².